The van der Waals surface area contributed by atoms with Crippen molar-refractivity contribution in [1.82, 2.24) is 45.0 Å². The van der Waals surface area contributed by atoms with Gasteiger partial charge in [-0.2, -0.15) is 25.3 Å². The normalized spacial score (nSPS) is 22.1. The van der Waals surface area contributed by atoms with Crippen LogP contribution < -0.4 is 134 Å². The third-order valence-corrected chi connectivity index (χ3v) is 20.6. The summed E-state index contributed by atoms with van der Waals surface area (Å²) in [6.07, 6.45) is -13.6. The van der Waals surface area contributed by atoms with Gasteiger partial charge < -0.3 is 119 Å². The molecule has 6 heterocycles. The van der Waals surface area contributed by atoms with Crippen molar-refractivity contribution in [3.8, 4) is 17.2 Å². The van der Waals surface area contributed by atoms with Crippen LogP contribution in [0.3, 0.4) is 0 Å². The maximum absolute atomic E-state index is 12.8. The summed E-state index contributed by atoms with van der Waals surface area (Å²) in [5.41, 5.74) is 12.7. The van der Waals surface area contributed by atoms with Gasteiger partial charge in [-0.15, -0.1) is 15.3 Å². The second-order valence-electron chi connectivity index (χ2n) is 29.4. The van der Waals surface area contributed by atoms with Gasteiger partial charge in [0.2, 0.25) is 23.5 Å². The molecule has 4 aromatic carbocycles. The van der Waals surface area contributed by atoms with Crippen LogP contribution in [0.1, 0.15) is 78.4 Å². The zero-order valence-corrected chi connectivity index (χ0v) is 82.5. The summed E-state index contributed by atoms with van der Waals surface area (Å²) in [6, 6.07) is 17.0. The predicted molar refractivity (Wildman–Crippen MR) is 445 cm³/mol. The molecule has 0 radical (unpaired) electrons. The molecule has 3 aliphatic heterocycles. The summed E-state index contributed by atoms with van der Waals surface area (Å²) >= 11 is 0. The first-order valence-corrected chi connectivity index (χ1v) is 44.4. The molecule has 0 bridgehead atoms. The third-order valence-electron chi connectivity index (χ3n) is 19.3. The molecule has 3 fully saturated rings. The third kappa shape index (κ3) is 37.8. The van der Waals surface area contributed by atoms with E-state index in [1.807, 2.05) is 0 Å². The molecule has 10 rings (SSSR count). The first-order valence-electron chi connectivity index (χ1n) is 40.4. The van der Waals surface area contributed by atoms with E-state index in [1.165, 1.54) is 86.8 Å². The minimum atomic E-state index is -4.94. The Labute approximate surface area is 842 Å². The van der Waals surface area contributed by atoms with Crippen molar-refractivity contribution in [2.24, 2.45) is 20.1 Å². The number of aliphatic hydroxyl groups excluding tert-OH is 6. The van der Waals surface area contributed by atoms with Gasteiger partial charge in [-0.05, 0) is 115 Å². The summed E-state index contributed by atoms with van der Waals surface area (Å²) in [6.45, 7) is 0.147. The number of nitrogens with zero attached hydrogens (tertiary/aromatic N) is 15. The molecule has 3 saturated heterocycles. The zero-order valence-electron chi connectivity index (χ0n) is 74.0. The summed E-state index contributed by atoms with van der Waals surface area (Å²) in [7, 11) is -14.8. The molecule has 3 amide bonds. The van der Waals surface area contributed by atoms with E-state index < -0.39 is 178 Å². The molecule has 136 heavy (non-hydrogen) atoms. The number of carbonyl (C=O) groups is 3. The van der Waals surface area contributed by atoms with Crippen molar-refractivity contribution in [3.05, 3.63) is 153 Å². The zero-order chi connectivity index (χ0) is 95.9. The molecule has 0 unspecified atom stereocenters. The van der Waals surface area contributed by atoms with Crippen molar-refractivity contribution in [2.45, 2.75) is 158 Å². The monoisotopic (exact) mass is 2000 g/mol. The Balaban J connectivity index is 0.00000840. The molecule has 3 aliphatic rings. The van der Waals surface area contributed by atoms with Gasteiger partial charge in [-0.3, -0.25) is 43.0 Å². The van der Waals surface area contributed by atoms with Crippen LogP contribution in [0, 0.1) is 0 Å². The molecule has 0 aliphatic carbocycles. The fraction of sp³-hybridized carbons (Fsp3) is 0.526. The van der Waals surface area contributed by atoms with Crippen LogP contribution in [0.5, 0.6) is 17.2 Å². The van der Waals surface area contributed by atoms with Crippen molar-refractivity contribution < 1.29 is 257 Å². The van der Waals surface area contributed by atoms with Crippen molar-refractivity contribution in [1.29, 1.82) is 0 Å². The van der Waals surface area contributed by atoms with Crippen LogP contribution in [0.15, 0.2) is 124 Å². The summed E-state index contributed by atoms with van der Waals surface area (Å²) in [5, 5.41) is 137. The predicted octanol–water partition coefficient (Wildman–Crippen LogP) is -12.6. The van der Waals surface area contributed by atoms with Crippen LogP contribution in [0.2, 0.25) is 0 Å². The molecule has 12 N–H and O–H groups in total. The minimum Gasteiger partial charge on any atom is -0.862 e. The molecule has 7 aromatic rings. The molecule has 0 saturated carbocycles. The average molecular weight is 2000 g/mol. The van der Waals surface area contributed by atoms with Gasteiger partial charge in [0.25, 0.3) is 0 Å². The number of azide groups is 1. The Morgan fingerprint density at radius 3 is 0.985 bits per heavy atom. The Bertz CT molecular complexity index is 5240. The van der Waals surface area contributed by atoms with E-state index in [9.17, 15) is 91.1 Å². The molecule has 728 valence electrons. The minimum absolute atomic E-state index is 0. The number of hydrogen-bond donors (Lipinski definition) is 12. The number of benzene rings is 4. The van der Waals surface area contributed by atoms with Gasteiger partial charge in [0.05, 0.1) is 124 Å². The Kier molecular flexibility index (Phi) is 47.6. The fourth-order valence-corrected chi connectivity index (χ4v) is 14.2. The number of nitrogens with one attached hydrogen (secondary N) is 3. The number of rotatable bonds is 53. The van der Waals surface area contributed by atoms with E-state index in [-0.39, 0.29) is 231 Å². The summed E-state index contributed by atoms with van der Waals surface area (Å²) < 4.78 is 182. The Morgan fingerprint density at radius 1 is 0.434 bits per heavy atom. The van der Waals surface area contributed by atoms with Crippen molar-refractivity contribution >= 4 is 83.7 Å². The second-order valence-corrected chi connectivity index (χ2v) is 32.7. The number of aliphatic imine (C=N–C) groups is 3. The van der Waals surface area contributed by atoms with E-state index in [2.05, 4.69) is 84.4 Å². The molecule has 3 aromatic heterocycles. The first kappa shape index (κ1) is 115. The number of carbonyl (C=O) groups excluding carboxylic acids is 3. The van der Waals surface area contributed by atoms with Crippen LogP contribution in [-0.2, 0) is 147 Å². The van der Waals surface area contributed by atoms with E-state index >= 15 is 0 Å². The number of ether oxygens (including phenoxy) is 12. The SMILES string of the molecule is CC([O-])=N[C@@H]1[C@@H](O)[C@H](O)[C@@H](COS(=O)(=O)O)O[C@H]1c1ccc(NC(=O)COCCOCCn2cc(COc3cc(CN=[N+]=[N-])cc(OCc4cn(CCOCCOCC(=O)Nc5ccc([C@@H]6O[C@H](COS(=O)(=O)O)[C@@H](O)[C@H](O)[C@H]6N=C(C)[O-])cc5)nn4)c3OCc3cn(CCOCCOCC(=O)Nc4ccc([C@@H]5O[C@H](COS(=O)(=O)O)[C@@H](O)[C@H](O)[C@H]5N=C(C)[O-])cc4)nn3)nn2)cc1.[Na+].[Na+].[Na+]. The van der Waals surface area contributed by atoms with Crippen LogP contribution in [0.25, 0.3) is 10.4 Å². The number of anilines is 3. The van der Waals surface area contributed by atoms with E-state index in [0.717, 1.165) is 20.8 Å². The smallest absolute Gasteiger partial charge is 0.862 e. The van der Waals surface area contributed by atoms with Gasteiger partial charge in [0.1, 0.15) is 148 Å². The second kappa shape index (κ2) is 56.3. The molecule has 60 heteroatoms. The molecule has 0 spiro atoms. The standard InChI is InChI=1S/C76H100N18O36S3.3Na/c1-43(95)79-64-70(104)67(101)58(37-125-131(107,108)109)128-73(64)47-4-10-50(11-5-47)82-61(98)40-119-25-22-116-19-16-92-31-53(85-89-92)34-122-56-28-46(30-78-88-77)29-57(123-35-54-32-93(90-86-54)17-20-117-23-26-120-41-62(99)83-51-12-6-48(7-13-51)74-65(80-44(2)96)71(105)68(102)59(129-74)38-126-132(110,111)112)76(56)124-36-55-33-94(91-87-55)18-21-118-24-27-121-42-63(100)84-52-14-8-49(9-15-52)75-66(81-45(3)97)72(106)69(103)60(130-75)39-127-133(113,114)115;;;/h4-15,28-29,31-33,58-60,64-75,101-106H,16-27,30,34-42H2,1-3H3,(H,79,95)(H,80,96)(H,81,97)(H,82,98)(H,83,99)(H,84,100)(H,107,108,109)(H,110,111,112)(H,113,114,115);;;/q;3*+1/p-3/t58-,59-,60-,64-,65-,66-,67-,68-,69-,70-,71-,72-,73+,74+,75+;;;/m1.../s1. The largest absolute Gasteiger partial charge is 1.00 e. The average Bonchev–Trinajstić information content (AvgIpc) is 1.60. The van der Waals surface area contributed by atoms with Gasteiger partial charge >= 0.3 is 120 Å². The topological polar surface area (TPSA) is 757 Å². The maximum Gasteiger partial charge on any atom is 1.00 e. The number of aliphatic hydroxyl groups is 6. The van der Waals surface area contributed by atoms with E-state index in [4.69, 9.17) is 70.5 Å². The van der Waals surface area contributed by atoms with Gasteiger partial charge in [-0.1, -0.05) is 57.2 Å². The molecule has 54 nitrogen and oxygen atoms in total. The van der Waals surface area contributed by atoms with Crippen LogP contribution >= 0.6 is 0 Å². The first-order chi connectivity index (χ1) is 63.4. The summed E-state index contributed by atoms with van der Waals surface area (Å²) in [5.74, 6) is -3.43. The Morgan fingerprint density at radius 2 is 0.713 bits per heavy atom. The molecular weight excluding hydrogens is 1910 g/mol. The van der Waals surface area contributed by atoms with E-state index in [1.54, 1.807) is 30.7 Å². The molecule has 15 atom stereocenters. The van der Waals surface area contributed by atoms with Crippen LogP contribution in [-0.4, -0.2) is 322 Å². The number of aromatic nitrogens is 9. The fourth-order valence-electron chi connectivity index (χ4n) is 13.3. The quantitative estimate of drug-likeness (QED) is 0.00246. The van der Waals surface area contributed by atoms with E-state index in [0.29, 0.717) is 56.4 Å². The van der Waals surface area contributed by atoms with Gasteiger partial charge in [0, 0.05) is 22.0 Å². The molecular formula is C76H97N18Na3O36S3. The number of hydrogen-bond acceptors (Lipinski definition) is 43. The van der Waals surface area contributed by atoms with Gasteiger partial charge in [-0.25, -0.2) is 26.6 Å². The van der Waals surface area contributed by atoms with Gasteiger partial charge in [0.15, 0.2) is 11.5 Å². The van der Waals surface area contributed by atoms with Crippen LogP contribution in [0.4, 0.5) is 17.1 Å². The summed E-state index contributed by atoms with van der Waals surface area (Å²) in [4.78, 5) is 53.0. The number of amides is 3. The van der Waals surface area contributed by atoms with Crippen molar-refractivity contribution in [3.63, 3.8) is 0 Å². The van der Waals surface area contributed by atoms with Crippen molar-refractivity contribution in [2.75, 3.05) is 115 Å². The Hall–Kier alpha value is -8.16. The maximum atomic E-state index is 12.8.